The highest BCUT2D eigenvalue weighted by molar-refractivity contribution is 9.10. The van der Waals surface area contributed by atoms with Crippen LogP contribution in [0.3, 0.4) is 0 Å². The third-order valence-electron chi connectivity index (χ3n) is 3.03. The van der Waals surface area contributed by atoms with Gasteiger partial charge < -0.3 is 4.90 Å². The maximum Gasteiger partial charge on any atom is 0.239 e. The summed E-state index contributed by atoms with van der Waals surface area (Å²) in [5, 5.41) is -0.567. The van der Waals surface area contributed by atoms with E-state index in [1.165, 1.54) is 0 Å². The largest absolute Gasteiger partial charge is 0.337 e. The van der Waals surface area contributed by atoms with Gasteiger partial charge in [-0.3, -0.25) is 5.43 Å². The molecule has 1 aliphatic heterocycles. The van der Waals surface area contributed by atoms with Gasteiger partial charge in [0, 0.05) is 30.0 Å². The van der Waals surface area contributed by atoms with Crippen LogP contribution >= 0.6 is 27.7 Å². The number of thioether (sulfide) groups is 1. The SMILES string of the molecule is CCS(=O)(=O)C1CSCCN1c1nc(NN)ncc1Br. The van der Waals surface area contributed by atoms with Crippen molar-refractivity contribution in [1.82, 2.24) is 9.97 Å². The number of nitrogen functional groups attached to an aromatic ring is 1. The Bertz CT molecular complexity index is 583. The minimum atomic E-state index is -3.18. The quantitative estimate of drug-likeness (QED) is 0.584. The molecule has 2 heterocycles. The van der Waals surface area contributed by atoms with Crippen molar-refractivity contribution < 1.29 is 8.42 Å². The summed E-state index contributed by atoms with van der Waals surface area (Å²) in [5.74, 6) is 7.63. The van der Waals surface area contributed by atoms with Crippen molar-refractivity contribution in [2.45, 2.75) is 12.3 Å². The third kappa shape index (κ3) is 3.18. The van der Waals surface area contributed by atoms with E-state index in [4.69, 9.17) is 5.84 Å². The molecule has 0 aliphatic carbocycles. The van der Waals surface area contributed by atoms with Crippen LogP contribution in [0, 0.1) is 0 Å². The number of hydrogen-bond acceptors (Lipinski definition) is 8. The molecular formula is C10H16BrN5O2S2. The molecule has 0 radical (unpaired) electrons. The Morgan fingerprint density at radius 1 is 1.65 bits per heavy atom. The van der Waals surface area contributed by atoms with Gasteiger partial charge in [0.2, 0.25) is 5.95 Å². The number of anilines is 2. The highest BCUT2D eigenvalue weighted by Gasteiger charge is 2.34. The Labute approximate surface area is 130 Å². The molecule has 1 aliphatic rings. The molecule has 20 heavy (non-hydrogen) atoms. The van der Waals surface area contributed by atoms with E-state index in [2.05, 4.69) is 31.3 Å². The first-order chi connectivity index (χ1) is 9.49. The fraction of sp³-hybridized carbons (Fsp3) is 0.600. The molecule has 1 aromatic heterocycles. The van der Waals surface area contributed by atoms with Gasteiger partial charge in [0.05, 0.1) is 4.47 Å². The number of sulfone groups is 1. The Morgan fingerprint density at radius 2 is 2.40 bits per heavy atom. The molecule has 3 N–H and O–H groups in total. The van der Waals surface area contributed by atoms with E-state index < -0.39 is 15.2 Å². The topological polar surface area (TPSA) is 101 Å². The molecule has 0 saturated carbocycles. The van der Waals surface area contributed by atoms with Crippen LogP contribution in [0.25, 0.3) is 0 Å². The van der Waals surface area contributed by atoms with Gasteiger partial charge in [-0.05, 0) is 15.9 Å². The number of aromatic nitrogens is 2. The van der Waals surface area contributed by atoms with Gasteiger partial charge in [0.1, 0.15) is 11.2 Å². The molecule has 112 valence electrons. The summed E-state index contributed by atoms with van der Waals surface area (Å²) in [4.78, 5) is 10.1. The molecule has 1 saturated heterocycles. The minimum absolute atomic E-state index is 0.111. The van der Waals surface area contributed by atoms with Gasteiger partial charge in [-0.15, -0.1) is 0 Å². The van der Waals surface area contributed by atoms with Crippen LogP contribution < -0.4 is 16.2 Å². The van der Waals surface area contributed by atoms with Gasteiger partial charge in [-0.1, -0.05) is 6.92 Å². The summed E-state index contributed by atoms with van der Waals surface area (Å²) < 4.78 is 25.2. The van der Waals surface area contributed by atoms with Gasteiger partial charge in [-0.2, -0.15) is 16.7 Å². The van der Waals surface area contributed by atoms with E-state index in [1.807, 2.05) is 4.90 Å². The van der Waals surface area contributed by atoms with Crippen LogP contribution in [0.15, 0.2) is 10.7 Å². The van der Waals surface area contributed by atoms with Crippen molar-refractivity contribution >= 4 is 49.3 Å². The molecule has 10 heteroatoms. The Hall–Kier alpha value is -0.580. The van der Waals surface area contributed by atoms with Crippen molar-refractivity contribution in [3.63, 3.8) is 0 Å². The van der Waals surface area contributed by atoms with Crippen molar-refractivity contribution in [2.24, 2.45) is 5.84 Å². The van der Waals surface area contributed by atoms with Crippen LogP contribution in [-0.2, 0) is 9.84 Å². The zero-order valence-electron chi connectivity index (χ0n) is 10.9. The molecule has 0 aromatic carbocycles. The molecule has 0 spiro atoms. The second-order valence-electron chi connectivity index (χ2n) is 4.18. The van der Waals surface area contributed by atoms with E-state index in [1.54, 1.807) is 24.9 Å². The number of halogens is 1. The monoisotopic (exact) mass is 381 g/mol. The first-order valence-corrected chi connectivity index (χ1v) is 9.71. The van der Waals surface area contributed by atoms with E-state index in [0.717, 1.165) is 5.75 Å². The predicted octanol–water partition coefficient (Wildman–Crippen LogP) is 0.839. The lowest BCUT2D eigenvalue weighted by molar-refractivity contribution is 0.578. The summed E-state index contributed by atoms with van der Waals surface area (Å²) in [6.45, 7) is 2.28. The van der Waals surface area contributed by atoms with Gasteiger partial charge >= 0.3 is 0 Å². The summed E-state index contributed by atoms with van der Waals surface area (Å²) in [6.07, 6.45) is 1.56. The first kappa shape index (κ1) is 15.8. The van der Waals surface area contributed by atoms with Crippen LogP contribution in [0.4, 0.5) is 11.8 Å². The van der Waals surface area contributed by atoms with Crippen molar-refractivity contribution in [1.29, 1.82) is 0 Å². The van der Waals surface area contributed by atoms with Crippen LogP contribution in [0.5, 0.6) is 0 Å². The maximum absolute atomic E-state index is 12.2. The molecule has 7 nitrogen and oxygen atoms in total. The lowest BCUT2D eigenvalue weighted by Crippen LogP contribution is -2.48. The Morgan fingerprint density at radius 3 is 3.05 bits per heavy atom. The summed E-state index contributed by atoms with van der Waals surface area (Å²) >= 11 is 5.01. The zero-order valence-corrected chi connectivity index (χ0v) is 14.1. The summed E-state index contributed by atoms with van der Waals surface area (Å²) in [5.41, 5.74) is 2.38. The van der Waals surface area contributed by atoms with E-state index in [9.17, 15) is 8.42 Å². The lowest BCUT2D eigenvalue weighted by atomic mass is 10.4. The van der Waals surface area contributed by atoms with E-state index in [0.29, 0.717) is 22.6 Å². The van der Waals surface area contributed by atoms with E-state index in [-0.39, 0.29) is 11.7 Å². The van der Waals surface area contributed by atoms with Gasteiger partial charge in [0.15, 0.2) is 9.84 Å². The highest BCUT2D eigenvalue weighted by atomic mass is 79.9. The fourth-order valence-electron chi connectivity index (χ4n) is 1.94. The van der Waals surface area contributed by atoms with Crippen molar-refractivity contribution in [2.75, 3.05) is 34.1 Å². The van der Waals surface area contributed by atoms with E-state index >= 15 is 0 Å². The smallest absolute Gasteiger partial charge is 0.239 e. The zero-order chi connectivity index (χ0) is 14.8. The fourth-order valence-corrected chi connectivity index (χ4v) is 5.33. The summed E-state index contributed by atoms with van der Waals surface area (Å²) in [6, 6.07) is 0. The number of hydrazine groups is 1. The second kappa shape index (κ2) is 6.46. The predicted molar refractivity (Wildman–Crippen MR) is 85.5 cm³/mol. The normalized spacial score (nSPS) is 19.9. The van der Waals surface area contributed by atoms with Crippen molar-refractivity contribution in [3.05, 3.63) is 10.7 Å². The number of hydrogen-bond donors (Lipinski definition) is 2. The second-order valence-corrected chi connectivity index (χ2v) is 8.64. The number of nitrogens with two attached hydrogens (primary N) is 1. The average molecular weight is 382 g/mol. The van der Waals surface area contributed by atoms with Crippen LogP contribution in [0.1, 0.15) is 6.92 Å². The third-order valence-corrected chi connectivity index (χ3v) is 6.88. The molecule has 1 aromatic rings. The Balaban J connectivity index is 2.42. The standard InChI is InChI=1S/C10H16BrN5O2S2/c1-2-20(17,18)8-6-19-4-3-16(8)9-7(11)5-13-10(14-9)15-12/h5,8H,2-4,6,12H2,1H3,(H,13,14,15). The Kier molecular flexibility index (Phi) is 5.10. The molecular weight excluding hydrogens is 366 g/mol. The van der Waals surface area contributed by atoms with Crippen LogP contribution in [0.2, 0.25) is 0 Å². The maximum atomic E-state index is 12.2. The molecule has 1 atom stereocenters. The van der Waals surface area contributed by atoms with Crippen LogP contribution in [-0.4, -0.2) is 47.6 Å². The molecule has 0 amide bonds. The average Bonchev–Trinajstić information content (AvgIpc) is 2.48. The highest BCUT2D eigenvalue weighted by Crippen LogP contribution is 2.31. The molecule has 1 fully saturated rings. The lowest BCUT2D eigenvalue weighted by Gasteiger charge is -2.36. The van der Waals surface area contributed by atoms with Crippen molar-refractivity contribution in [3.8, 4) is 0 Å². The van der Waals surface area contributed by atoms with Gasteiger partial charge in [-0.25, -0.2) is 19.2 Å². The minimum Gasteiger partial charge on any atom is -0.337 e. The number of nitrogens with one attached hydrogen (secondary N) is 1. The van der Waals surface area contributed by atoms with Gasteiger partial charge in [0.25, 0.3) is 0 Å². The molecule has 2 rings (SSSR count). The first-order valence-electron chi connectivity index (χ1n) is 6.04. The molecule has 1 unspecified atom stereocenters. The molecule has 0 bridgehead atoms. The summed E-state index contributed by atoms with van der Waals surface area (Å²) in [7, 11) is -3.18. The number of nitrogens with zero attached hydrogens (tertiary/aromatic N) is 3. The number of rotatable bonds is 4.